The molecule has 1 rings (SSSR count). The summed E-state index contributed by atoms with van der Waals surface area (Å²) >= 11 is 0. The maximum absolute atomic E-state index is 12.5. The highest BCUT2D eigenvalue weighted by molar-refractivity contribution is 5.76. The van der Waals surface area contributed by atoms with E-state index in [-0.39, 0.29) is 24.5 Å². The minimum Gasteiger partial charge on any atom is -0.458 e. The van der Waals surface area contributed by atoms with Gasteiger partial charge in [-0.15, -0.1) is 0 Å². The van der Waals surface area contributed by atoms with Crippen LogP contribution in [-0.4, -0.2) is 60.0 Å². The molecule has 0 aliphatic heterocycles. The predicted octanol–water partition coefficient (Wildman–Crippen LogP) is 5.46. The summed E-state index contributed by atoms with van der Waals surface area (Å²) in [6.07, 6.45) is -3.11. The Morgan fingerprint density at radius 1 is 0.800 bits per heavy atom. The number of carbonyl (C=O) groups excluding carboxylic acids is 4. The standard InChI is InChI=1S/C28H43NO11/c1-11-28(9,10)40-23(31)34-16-17(2)35-22(30)19(29)14-18-12-13-20(36-24(32)38-26(3,4)5)21(15-18)37-25(33)39-27(6,7)8/h12-13,15,17,19H,11,14,16,29H2,1-10H3/t17-,19-/m0/s1. The number of carbonyl (C=O) groups is 4. The zero-order valence-electron chi connectivity index (χ0n) is 25.1. The first kappa shape index (κ1) is 34.5. The van der Waals surface area contributed by atoms with Crippen molar-refractivity contribution in [1.82, 2.24) is 0 Å². The van der Waals surface area contributed by atoms with Crippen LogP contribution in [0.5, 0.6) is 11.5 Å². The van der Waals surface area contributed by atoms with Gasteiger partial charge in [-0.25, -0.2) is 14.4 Å². The molecule has 0 amide bonds. The van der Waals surface area contributed by atoms with Crippen molar-refractivity contribution in [3.63, 3.8) is 0 Å². The molecule has 0 heterocycles. The Morgan fingerprint density at radius 3 is 1.82 bits per heavy atom. The van der Waals surface area contributed by atoms with Crippen LogP contribution in [0.2, 0.25) is 0 Å². The first-order chi connectivity index (χ1) is 18.2. The van der Waals surface area contributed by atoms with Crippen molar-refractivity contribution < 1.29 is 52.3 Å². The number of hydrogen-bond donors (Lipinski definition) is 1. The SMILES string of the molecule is CCC(C)(C)OC(=O)OC[C@H](C)OC(=O)[C@@H](N)Cc1ccc(OC(=O)OC(C)(C)C)c(OC(=O)OC(C)(C)C)c1. The number of ether oxygens (including phenoxy) is 7. The molecule has 2 atom stereocenters. The summed E-state index contributed by atoms with van der Waals surface area (Å²) in [6.45, 7) is 16.7. The fourth-order valence-electron chi connectivity index (χ4n) is 2.73. The van der Waals surface area contributed by atoms with E-state index in [1.807, 2.05) is 6.92 Å². The van der Waals surface area contributed by atoms with Crippen molar-refractivity contribution in [3.8, 4) is 11.5 Å². The summed E-state index contributed by atoms with van der Waals surface area (Å²) in [5, 5.41) is 0. The van der Waals surface area contributed by atoms with Gasteiger partial charge in [-0.2, -0.15) is 0 Å². The second-order valence-corrected chi connectivity index (χ2v) is 11.7. The molecule has 0 aliphatic rings. The number of hydrogen-bond acceptors (Lipinski definition) is 12. The molecule has 0 saturated carbocycles. The molecule has 1 aromatic rings. The molecule has 0 fully saturated rings. The second-order valence-electron chi connectivity index (χ2n) is 11.7. The molecule has 12 nitrogen and oxygen atoms in total. The molecule has 0 unspecified atom stereocenters. The van der Waals surface area contributed by atoms with E-state index in [1.54, 1.807) is 62.3 Å². The Labute approximate surface area is 235 Å². The van der Waals surface area contributed by atoms with Crippen LogP contribution >= 0.6 is 0 Å². The molecule has 0 aromatic heterocycles. The first-order valence-electron chi connectivity index (χ1n) is 13.0. The number of rotatable bonds is 10. The average molecular weight is 570 g/mol. The van der Waals surface area contributed by atoms with Crippen LogP contribution in [0.15, 0.2) is 18.2 Å². The Bertz CT molecular complexity index is 1040. The number of esters is 1. The maximum Gasteiger partial charge on any atom is 0.514 e. The quantitative estimate of drug-likeness (QED) is 0.216. The number of benzene rings is 1. The Hall–Kier alpha value is -3.54. The van der Waals surface area contributed by atoms with E-state index in [4.69, 9.17) is 38.9 Å². The summed E-state index contributed by atoms with van der Waals surface area (Å²) in [4.78, 5) is 48.9. The lowest BCUT2D eigenvalue weighted by Gasteiger charge is -2.23. The molecule has 12 heteroatoms. The van der Waals surface area contributed by atoms with Gasteiger partial charge in [0, 0.05) is 0 Å². The van der Waals surface area contributed by atoms with Gasteiger partial charge in [0.1, 0.15) is 35.6 Å². The molecular weight excluding hydrogens is 526 g/mol. The molecule has 40 heavy (non-hydrogen) atoms. The van der Waals surface area contributed by atoms with Crippen molar-refractivity contribution >= 4 is 24.4 Å². The lowest BCUT2D eigenvalue weighted by atomic mass is 10.1. The summed E-state index contributed by atoms with van der Waals surface area (Å²) in [5.74, 6) is -1.00. The lowest BCUT2D eigenvalue weighted by molar-refractivity contribution is -0.152. The molecule has 0 radical (unpaired) electrons. The highest BCUT2D eigenvalue weighted by atomic mass is 16.8. The Kier molecular flexibility index (Phi) is 12.2. The van der Waals surface area contributed by atoms with Crippen molar-refractivity contribution in [3.05, 3.63) is 23.8 Å². The smallest absolute Gasteiger partial charge is 0.458 e. The van der Waals surface area contributed by atoms with Gasteiger partial charge in [0.25, 0.3) is 0 Å². The minimum atomic E-state index is -1.11. The maximum atomic E-state index is 12.5. The van der Waals surface area contributed by atoms with Crippen molar-refractivity contribution in [2.45, 2.75) is 111 Å². The Morgan fingerprint density at radius 2 is 1.32 bits per heavy atom. The summed E-state index contributed by atoms with van der Waals surface area (Å²) in [5.41, 5.74) is 4.17. The van der Waals surface area contributed by atoms with E-state index in [1.165, 1.54) is 18.2 Å². The zero-order valence-corrected chi connectivity index (χ0v) is 25.1. The molecule has 0 saturated heterocycles. The van der Waals surface area contributed by atoms with E-state index >= 15 is 0 Å². The van der Waals surface area contributed by atoms with Crippen LogP contribution in [0.4, 0.5) is 14.4 Å². The second kappa shape index (κ2) is 14.2. The molecular formula is C28H43NO11. The fraction of sp³-hybridized carbons (Fsp3) is 0.643. The lowest BCUT2D eigenvalue weighted by Crippen LogP contribution is -2.37. The van der Waals surface area contributed by atoms with Gasteiger partial charge in [-0.05, 0) is 92.9 Å². The third-order valence-electron chi connectivity index (χ3n) is 4.90. The van der Waals surface area contributed by atoms with Crippen molar-refractivity contribution in [2.24, 2.45) is 5.73 Å². The molecule has 226 valence electrons. The Balaban J connectivity index is 2.91. The highest BCUT2D eigenvalue weighted by Crippen LogP contribution is 2.31. The van der Waals surface area contributed by atoms with E-state index in [0.29, 0.717) is 12.0 Å². The van der Waals surface area contributed by atoms with Gasteiger partial charge < -0.3 is 38.9 Å². The van der Waals surface area contributed by atoms with Crippen LogP contribution in [0, 0.1) is 0 Å². The average Bonchev–Trinajstić information content (AvgIpc) is 2.76. The third kappa shape index (κ3) is 14.0. The van der Waals surface area contributed by atoms with Crippen LogP contribution < -0.4 is 15.2 Å². The molecule has 0 aliphatic carbocycles. The molecule has 2 N–H and O–H groups in total. The van der Waals surface area contributed by atoms with Gasteiger partial charge in [0.15, 0.2) is 11.5 Å². The van der Waals surface area contributed by atoms with E-state index < -0.39 is 53.4 Å². The fourth-order valence-corrected chi connectivity index (χ4v) is 2.73. The minimum absolute atomic E-state index is 0.0173. The number of nitrogens with two attached hydrogens (primary N) is 1. The van der Waals surface area contributed by atoms with Gasteiger partial charge in [-0.1, -0.05) is 13.0 Å². The normalized spacial score (nSPS) is 13.4. The van der Waals surface area contributed by atoms with Crippen LogP contribution in [0.25, 0.3) is 0 Å². The van der Waals surface area contributed by atoms with Crippen molar-refractivity contribution in [2.75, 3.05) is 6.61 Å². The third-order valence-corrected chi connectivity index (χ3v) is 4.90. The van der Waals surface area contributed by atoms with Gasteiger partial charge in [0.2, 0.25) is 0 Å². The monoisotopic (exact) mass is 569 g/mol. The van der Waals surface area contributed by atoms with Crippen LogP contribution in [-0.2, 0) is 34.9 Å². The topological polar surface area (TPSA) is 159 Å². The molecule has 0 bridgehead atoms. The van der Waals surface area contributed by atoms with Crippen molar-refractivity contribution in [1.29, 1.82) is 0 Å². The molecule has 1 aromatic carbocycles. The van der Waals surface area contributed by atoms with Crippen LogP contribution in [0.1, 0.15) is 81.2 Å². The van der Waals surface area contributed by atoms with E-state index in [2.05, 4.69) is 0 Å². The van der Waals surface area contributed by atoms with E-state index in [0.717, 1.165) is 0 Å². The highest BCUT2D eigenvalue weighted by Gasteiger charge is 2.26. The summed E-state index contributed by atoms with van der Waals surface area (Å²) in [7, 11) is 0. The molecule has 0 spiro atoms. The predicted molar refractivity (Wildman–Crippen MR) is 144 cm³/mol. The largest absolute Gasteiger partial charge is 0.514 e. The van der Waals surface area contributed by atoms with Gasteiger partial charge >= 0.3 is 24.4 Å². The first-order valence-corrected chi connectivity index (χ1v) is 13.0. The van der Waals surface area contributed by atoms with Crippen LogP contribution in [0.3, 0.4) is 0 Å². The summed E-state index contributed by atoms with van der Waals surface area (Å²) < 4.78 is 36.3. The van der Waals surface area contributed by atoms with Gasteiger partial charge in [-0.3, -0.25) is 4.79 Å². The zero-order chi connectivity index (χ0) is 30.9. The van der Waals surface area contributed by atoms with E-state index in [9.17, 15) is 19.2 Å². The van der Waals surface area contributed by atoms with Gasteiger partial charge in [0.05, 0.1) is 0 Å². The summed E-state index contributed by atoms with van der Waals surface area (Å²) in [6, 6.07) is 3.18.